The van der Waals surface area contributed by atoms with E-state index in [1.54, 1.807) is 29.1 Å². The van der Waals surface area contributed by atoms with Crippen LogP contribution in [-0.2, 0) is 17.6 Å². The third-order valence-electron chi connectivity index (χ3n) is 4.79. The lowest BCUT2D eigenvalue weighted by Gasteiger charge is -2.39. The number of benzene rings is 2. The molecule has 0 aromatic heterocycles. The summed E-state index contributed by atoms with van der Waals surface area (Å²) in [6.45, 7) is 0.771. The standard InChI is InChI=1S/C20H18ClF4N3O/c1-27-12-17(6-7-29-27)28(16-5-3-13(10-26)19(21)9-16)11-14-2-4-15(22)8-18(14)20(23,24)25/h2-5,8-9,17H,6-7,11-12H2,1H3/t17-/m0/s1. The normalized spacial score (nSPS) is 17.8. The number of hydrogen-bond donors (Lipinski definition) is 0. The Morgan fingerprint density at radius 1 is 1.28 bits per heavy atom. The molecule has 2 aromatic carbocycles. The van der Waals surface area contributed by atoms with Gasteiger partial charge < -0.3 is 4.90 Å². The molecule has 1 saturated heterocycles. The van der Waals surface area contributed by atoms with E-state index in [1.165, 1.54) is 6.07 Å². The number of alkyl halides is 3. The van der Waals surface area contributed by atoms with Crippen molar-refractivity contribution < 1.29 is 22.4 Å². The van der Waals surface area contributed by atoms with E-state index in [0.717, 1.165) is 12.1 Å². The zero-order valence-corrected chi connectivity index (χ0v) is 16.3. The molecule has 29 heavy (non-hydrogen) atoms. The van der Waals surface area contributed by atoms with Crippen molar-refractivity contribution in [1.29, 1.82) is 5.26 Å². The average Bonchev–Trinajstić information content (AvgIpc) is 2.66. The molecule has 1 heterocycles. The molecule has 1 atom stereocenters. The lowest BCUT2D eigenvalue weighted by Crippen LogP contribution is -2.47. The van der Waals surface area contributed by atoms with E-state index in [2.05, 4.69) is 0 Å². The summed E-state index contributed by atoms with van der Waals surface area (Å²) >= 11 is 6.15. The smallest absolute Gasteiger partial charge is 0.363 e. The zero-order chi connectivity index (χ0) is 21.2. The SMILES string of the molecule is CN1C[C@@H](N(Cc2ccc(F)cc2C(F)(F)F)c2ccc(C#N)c(Cl)c2)CCO1. The summed E-state index contributed by atoms with van der Waals surface area (Å²) in [5.74, 6) is -0.945. The van der Waals surface area contributed by atoms with Gasteiger partial charge in [0, 0.05) is 31.9 Å². The molecule has 1 aliphatic heterocycles. The lowest BCUT2D eigenvalue weighted by molar-refractivity contribution is -0.167. The molecule has 2 aromatic rings. The number of hydroxylamine groups is 2. The molecule has 154 valence electrons. The quantitative estimate of drug-likeness (QED) is 0.643. The van der Waals surface area contributed by atoms with Crippen LogP contribution in [-0.4, -0.2) is 31.3 Å². The zero-order valence-electron chi connectivity index (χ0n) is 15.5. The molecule has 0 aliphatic carbocycles. The first kappa shape index (κ1) is 21.4. The van der Waals surface area contributed by atoms with Crippen molar-refractivity contribution >= 4 is 17.3 Å². The van der Waals surface area contributed by atoms with Crippen molar-refractivity contribution in [2.45, 2.75) is 25.2 Å². The number of nitriles is 1. The third kappa shape index (κ3) is 4.99. The first-order valence-corrected chi connectivity index (χ1v) is 9.23. The van der Waals surface area contributed by atoms with Gasteiger partial charge in [-0.2, -0.15) is 23.5 Å². The molecule has 0 spiro atoms. The predicted molar refractivity (Wildman–Crippen MR) is 101 cm³/mol. The fourth-order valence-electron chi connectivity index (χ4n) is 3.38. The second-order valence-electron chi connectivity index (χ2n) is 6.79. The maximum absolute atomic E-state index is 13.5. The van der Waals surface area contributed by atoms with E-state index in [9.17, 15) is 17.6 Å². The molecule has 1 aliphatic rings. The highest BCUT2D eigenvalue weighted by atomic mass is 35.5. The number of likely N-dealkylation sites (N-methyl/N-ethyl adjacent to an activating group) is 1. The van der Waals surface area contributed by atoms with Crippen LogP contribution in [0.1, 0.15) is 23.1 Å². The maximum atomic E-state index is 13.5. The summed E-state index contributed by atoms with van der Waals surface area (Å²) in [5.41, 5.74) is -0.208. The van der Waals surface area contributed by atoms with Crippen molar-refractivity contribution in [3.63, 3.8) is 0 Å². The van der Waals surface area contributed by atoms with Crippen molar-refractivity contribution in [1.82, 2.24) is 5.06 Å². The van der Waals surface area contributed by atoms with Crippen molar-refractivity contribution in [3.05, 3.63) is 63.9 Å². The molecule has 4 nitrogen and oxygen atoms in total. The summed E-state index contributed by atoms with van der Waals surface area (Å²) in [6.07, 6.45) is -4.09. The fourth-order valence-corrected chi connectivity index (χ4v) is 3.60. The van der Waals surface area contributed by atoms with Crippen LogP contribution >= 0.6 is 11.6 Å². The van der Waals surface area contributed by atoms with Gasteiger partial charge in [0.15, 0.2) is 0 Å². The van der Waals surface area contributed by atoms with Gasteiger partial charge >= 0.3 is 6.18 Å². The minimum atomic E-state index is -4.68. The van der Waals surface area contributed by atoms with E-state index in [-0.39, 0.29) is 28.7 Å². The van der Waals surface area contributed by atoms with E-state index < -0.39 is 17.6 Å². The summed E-state index contributed by atoms with van der Waals surface area (Å²) in [6, 6.07) is 9.22. The highest BCUT2D eigenvalue weighted by molar-refractivity contribution is 6.32. The monoisotopic (exact) mass is 427 g/mol. The van der Waals surface area contributed by atoms with Crippen molar-refractivity contribution in [3.8, 4) is 6.07 Å². The number of rotatable bonds is 4. The largest absolute Gasteiger partial charge is 0.416 e. The topological polar surface area (TPSA) is 39.5 Å². The first-order chi connectivity index (χ1) is 13.7. The Balaban J connectivity index is 2.03. The second-order valence-corrected chi connectivity index (χ2v) is 7.20. The molecule has 1 fully saturated rings. The molecule has 0 N–H and O–H groups in total. The number of hydrogen-bond acceptors (Lipinski definition) is 4. The van der Waals surface area contributed by atoms with Crippen LogP contribution < -0.4 is 4.90 Å². The Kier molecular flexibility index (Phi) is 6.32. The van der Waals surface area contributed by atoms with Crippen LogP contribution in [0, 0.1) is 17.1 Å². The van der Waals surface area contributed by atoms with Crippen LogP contribution in [0.4, 0.5) is 23.2 Å². The molecular weight excluding hydrogens is 410 g/mol. The van der Waals surface area contributed by atoms with Crippen LogP contribution in [0.3, 0.4) is 0 Å². The van der Waals surface area contributed by atoms with E-state index in [1.807, 2.05) is 6.07 Å². The first-order valence-electron chi connectivity index (χ1n) is 8.85. The number of nitrogens with zero attached hydrogens (tertiary/aromatic N) is 3. The second kappa shape index (κ2) is 8.57. The highest BCUT2D eigenvalue weighted by Gasteiger charge is 2.35. The van der Waals surface area contributed by atoms with Crippen molar-refractivity contribution in [2.75, 3.05) is 25.1 Å². The van der Waals surface area contributed by atoms with Gasteiger partial charge in [0.05, 0.1) is 22.8 Å². The fraction of sp³-hybridized carbons (Fsp3) is 0.350. The summed E-state index contributed by atoms with van der Waals surface area (Å²) in [7, 11) is 1.75. The summed E-state index contributed by atoms with van der Waals surface area (Å²) < 4.78 is 53.9. The average molecular weight is 428 g/mol. The van der Waals surface area contributed by atoms with Gasteiger partial charge in [-0.25, -0.2) is 4.39 Å². The van der Waals surface area contributed by atoms with Crippen LogP contribution in [0.25, 0.3) is 0 Å². The highest BCUT2D eigenvalue weighted by Crippen LogP contribution is 2.35. The molecule has 0 radical (unpaired) electrons. The van der Waals surface area contributed by atoms with Crippen LogP contribution in [0.15, 0.2) is 36.4 Å². The van der Waals surface area contributed by atoms with Gasteiger partial charge in [0.25, 0.3) is 0 Å². The van der Waals surface area contributed by atoms with Gasteiger partial charge in [-0.1, -0.05) is 17.7 Å². The van der Waals surface area contributed by atoms with Gasteiger partial charge in [0.1, 0.15) is 11.9 Å². The molecule has 0 unspecified atom stereocenters. The number of halogens is 5. The maximum Gasteiger partial charge on any atom is 0.416 e. The Morgan fingerprint density at radius 2 is 2.03 bits per heavy atom. The predicted octanol–water partition coefficient (Wildman–Crippen LogP) is 5.01. The lowest BCUT2D eigenvalue weighted by atomic mass is 10.0. The van der Waals surface area contributed by atoms with E-state index in [4.69, 9.17) is 21.7 Å². The molecule has 0 bridgehead atoms. The summed E-state index contributed by atoms with van der Waals surface area (Å²) in [4.78, 5) is 7.19. The Morgan fingerprint density at radius 3 is 2.66 bits per heavy atom. The minimum Gasteiger partial charge on any atom is -0.363 e. The number of anilines is 1. The van der Waals surface area contributed by atoms with E-state index in [0.29, 0.717) is 31.3 Å². The van der Waals surface area contributed by atoms with Gasteiger partial charge in [-0.3, -0.25) is 4.84 Å². The van der Waals surface area contributed by atoms with Gasteiger partial charge in [-0.15, -0.1) is 0 Å². The molecule has 3 rings (SSSR count). The van der Waals surface area contributed by atoms with Gasteiger partial charge in [-0.05, 0) is 42.3 Å². The Bertz CT molecular complexity index is 929. The van der Waals surface area contributed by atoms with Crippen molar-refractivity contribution in [2.24, 2.45) is 0 Å². The molecular formula is C20H18ClF4N3O. The summed E-state index contributed by atoms with van der Waals surface area (Å²) in [5, 5.41) is 10.9. The van der Waals surface area contributed by atoms with E-state index >= 15 is 0 Å². The van der Waals surface area contributed by atoms with Gasteiger partial charge in [0.2, 0.25) is 0 Å². The van der Waals surface area contributed by atoms with Crippen LogP contribution in [0.5, 0.6) is 0 Å². The molecule has 0 saturated carbocycles. The van der Waals surface area contributed by atoms with Crippen LogP contribution in [0.2, 0.25) is 5.02 Å². The molecule has 9 heteroatoms. The molecule has 0 amide bonds. The third-order valence-corrected chi connectivity index (χ3v) is 5.11. The minimum absolute atomic E-state index is 0.0477. The Hall–Kier alpha value is -2.34. The Labute approximate surface area is 170 Å².